The lowest BCUT2D eigenvalue weighted by Gasteiger charge is -2.02. The van der Waals surface area contributed by atoms with Gasteiger partial charge in [0.25, 0.3) is 11.6 Å². The van der Waals surface area contributed by atoms with Gasteiger partial charge in [0.2, 0.25) is 0 Å². The van der Waals surface area contributed by atoms with Crippen molar-refractivity contribution >= 4 is 39.0 Å². The second-order valence-electron chi connectivity index (χ2n) is 6.17. The van der Waals surface area contributed by atoms with Gasteiger partial charge in [0.1, 0.15) is 5.75 Å². The van der Waals surface area contributed by atoms with E-state index in [0.29, 0.717) is 16.0 Å². The fourth-order valence-electron chi connectivity index (χ4n) is 2.91. The topological polar surface area (TPSA) is 123 Å². The van der Waals surface area contributed by atoms with Crippen LogP contribution in [0.25, 0.3) is 22.2 Å². The summed E-state index contributed by atoms with van der Waals surface area (Å²) in [7, 11) is 1.60. The van der Waals surface area contributed by atoms with Crippen molar-refractivity contribution in [2.75, 3.05) is 12.4 Å². The number of ether oxygens (including phenoxy) is 1. The molecule has 0 bridgehead atoms. The van der Waals surface area contributed by atoms with Crippen LogP contribution in [0.1, 0.15) is 15.4 Å². The van der Waals surface area contributed by atoms with Gasteiger partial charge in [0.15, 0.2) is 10.8 Å². The summed E-state index contributed by atoms with van der Waals surface area (Å²) in [6.45, 7) is 1.92. The van der Waals surface area contributed by atoms with Gasteiger partial charge in [-0.3, -0.25) is 25.3 Å². The minimum Gasteiger partial charge on any atom is -0.497 e. The molecule has 29 heavy (non-hydrogen) atoms. The van der Waals surface area contributed by atoms with Crippen LogP contribution in [-0.4, -0.2) is 33.1 Å². The van der Waals surface area contributed by atoms with E-state index in [1.807, 2.05) is 31.2 Å². The number of nitro groups is 1. The van der Waals surface area contributed by atoms with Crippen LogP contribution in [-0.2, 0) is 0 Å². The van der Waals surface area contributed by atoms with Crippen molar-refractivity contribution < 1.29 is 14.5 Å². The lowest BCUT2D eigenvalue weighted by molar-refractivity contribution is -0.384. The molecule has 0 atom stereocenters. The SMILES string of the molecule is COc1ccc(-c2nc(NC(=O)c3n[nH]c4ccc([N+](=O)[O-])cc34)sc2C)cc1. The van der Waals surface area contributed by atoms with Crippen LogP contribution < -0.4 is 10.1 Å². The molecule has 4 aromatic rings. The van der Waals surface area contributed by atoms with Gasteiger partial charge >= 0.3 is 0 Å². The van der Waals surface area contributed by atoms with Crippen molar-refractivity contribution in [3.05, 3.63) is 63.1 Å². The van der Waals surface area contributed by atoms with Crippen molar-refractivity contribution in [2.45, 2.75) is 6.92 Å². The third kappa shape index (κ3) is 3.52. The molecule has 0 spiro atoms. The van der Waals surface area contributed by atoms with E-state index in [2.05, 4.69) is 20.5 Å². The standard InChI is InChI=1S/C19H15N5O4S/c1-10-16(11-3-6-13(28-2)7-4-11)20-19(29-10)21-18(25)17-14-9-12(24(26)27)5-8-15(14)22-23-17/h3-9H,1-2H3,(H,22,23)(H,20,21,25). The molecule has 2 aromatic heterocycles. The second kappa shape index (κ2) is 7.32. The number of carbonyl (C=O) groups excluding carboxylic acids is 1. The minimum absolute atomic E-state index is 0.0718. The normalized spacial score (nSPS) is 10.8. The summed E-state index contributed by atoms with van der Waals surface area (Å²) in [5, 5.41) is 21.2. The Hall–Kier alpha value is -3.79. The van der Waals surface area contributed by atoms with E-state index in [1.165, 1.54) is 29.5 Å². The number of hydrogen-bond donors (Lipinski definition) is 2. The number of aromatic amines is 1. The molecule has 0 radical (unpaired) electrons. The number of non-ortho nitro benzene ring substituents is 1. The van der Waals surface area contributed by atoms with Gasteiger partial charge in [-0.25, -0.2) is 4.98 Å². The summed E-state index contributed by atoms with van der Waals surface area (Å²) in [5.74, 6) is 0.251. The highest BCUT2D eigenvalue weighted by atomic mass is 32.1. The monoisotopic (exact) mass is 409 g/mol. The van der Waals surface area contributed by atoms with Crippen molar-refractivity contribution in [3.8, 4) is 17.0 Å². The lowest BCUT2D eigenvalue weighted by atomic mass is 10.1. The van der Waals surface area contributed by atoms with E-state index in [0.717, 1.165) is 21.9 Å². The molecule has 0 aliphatic carbocycles. The predicted molar refractivity (Wildman–Crippen MR) is 110 cm³/mol. The zero-order valence-corrected chi connectivity index (χ0v) is 16.2. The summed E-state index contributed by atoms with van der Waals surface area (Å²) in [6, 6.07) is 11.7. The van der Waals surface area contributed by atoms with Gasteiger partial charge in [0, 0.05) is 28.0 Å². The molecule has 0 saturated heterocycles. The first kappa shape index (κ1) is 18.6. The third-order valence-corrected chi connectivity index (χ3v) is 5.24. The van der Waals surface area contributed by atoms with Crippen molar-refractivity contribution in [1.82, 2.24) is 15.2 Å². The lowest BCUT2D eigenvalue weighted by Crippen LogP contribution is -2.12. The van der Waals surface area contributed by atoms with Crippen molar-refractivity contribution in [2.24, 2.45) is 0 Å². The van der Waals surface area contributed by atoms with Crippen LogP contribution in [0.5, 0.6) is 5.75 Å². The van der Waals surface area contributed by atoms with E-state index in [4.69, 9.17) is 4.74 Å². The average Bonchev–Trinajstić information content (AvgIpc) is 3.30. The highest BCUT2D eigenvalue weighted by Crippen LogP contribution is 2.32. The molecule has 1 amide bonds. The first-order chi connectivity index (χ1) is 14.0. The van der Waals surface area contributed by atoms with Crippen LogP contribution in [0.3, 0.4) is 0 Å². The van der Waals surface area contributed by atoms with E-state index in [-0.39, 0.29) is 11.4 Å². The smallest absolute Gasteiger partial charge is 0.278 e. The Bertz CT molecular complexity index is 1230. The maximum Gasteiger partial charge on any atom is 0.278 e. The third-order valence-electron chi connectivity index (χ3n) is 4.35. The van der Waals surface area contributed by atoms with Gasteiger partial charge in [-0.05, 0) is 37.3 Å². The number of methoxy groups -OCH3 is 1. The Labute approximate surface area is 168 Å². The molecular formula is C19H15N5O4S. The van der Waals surface area contributed by atoms with Crippen LogP contribution in [0, 0.1) is 17.0 Å². The summed E-state index contributed by atoms with van der Waals surface area (Å²) in [4.78, 5) is 28.6. The Morgan fingerprint density at radius 3 is 2.69 bits per heavy atom. The molecule has 0 fully saturated rings. The summed E-state index contributed by atoms with van der Waals surface area (Å²) >= 11 is 1.34. The summed E-state index contributed by atoms with van der Waals surface area (Å²) < 4.78 is 5.17. The molecule has 10 heteroatoms. The zero-order chi connectivity index (χ0) is 20.5. The molecule has 0 unspecified atom stereocenters. The molecule has 2 aromatic carbocycles. The number of carbonyl (C=O) groups is 1. The van der Waals surface area contributed by atoms with Gasteiger partial charge in [-0.15, -0.1) is 11.3 Å². The number of anilines is 1. The van der Waals surface area contributed by atoms with Gasteiger partial charge < -0.3 is 4.74 Å². The number of nitro benzene ring substituents is 1. The predicted octanol–water partition coefficient (Wildman–Crippen LogP) is 4.16. The first-order valence-corrected chi connectivity index (χ1v) is 9.33. The Morgan fingerprint density at radius 1 is 1.24 bits per heavy atom. The molecule has 4 rings (SSSR count). The fraction of sp³-hybridized carbons (Fsp3) is 0.105. The van der Waals surface area contributed by atoms with Crippen LogP contribution in [0.15, 0.2) is 42.5 Å². The summed E-state index contributed by atoms with van der Waals surface area (Å²) in [6.07, 6.45) is 0. The average molecular weight is 409 g/mol. The number of amides is 1. The zero-order valence-electron chi connectivity index (χ0n) is 15.4. The van der Waals surface area contributed by atoms with Crippen LogP contribution in [0.4, 0.5) is 10.8 Å². The number of benzene rings is 2. The molecule has 0 saturated carbocycles. The molecule has 9 nitrogen and oxygen atoms in total. The van der Waals surface area contributed by atoms with Gasteiger partial charge in [-0.1, -0.05) is 0 Å². The largest absolute Gasteiger partial charge is 0.497 e. The quantitative estimate of drug-likeness (QED) is 0.377. The number of nitrogens with one attached hydrogen (secondary N) is 2. The van der Waals surface area contributed by atoms with Gasteiger partial charge in [-0.2, -0.15) is 5.10 Å². The molecule has 146 valence electrons. The van der Waals surface area contributed by atoms with E-state index >= 15 is 0 Å². The number of rotatable bonds is 5. The molecule has 2 N–H and O–H groups in total. The highest BCUT2D eigenvalue weighted by molar-refractivity contribution is 7.16. The Kier molecular flexibility index (Phi) is 4.69. The Balaban J connectivity index is 1.61. The van der Waals surface area contributed by atoms with Crippen molar-refractivity contribution in [1.29, 1.82) is 0 Å². The minimum atomic E-state index is -0.514. The van der Waals surface area contributed by atoms with E-state index < -0.39 is 10.8 Å². The molecule has 2 heterocycles. The van der Waals surface area contributed by atoms with Crippen molar-refractivity contribution in [3.63, 3.8) is 0 Å². The molecule has 0 aliphatic heterocycles. The first-order valence-electron chi connectivity index (χ1n) is 8.52. The van der Waals surface area contributed by atoms with Gasteiger partial charge in [0.05, 0.1) is 23.2 Å². The number of aryl methyl sites for hydroxylation is 1. The van der Waals surface area contributed by atoms with E-state index in [1.54, 1.807) is 7.11 Å². The summed E-state index contributed by atoms with van der Waals surface area (Å²) in [5.41, 5.74) is 2.16. The highest BCUT2D eigenvalue weighted by Gasteiger charge is 2.19. The number of H-pyrrole nitrogens is 1. The second-order valence-corrected chi connectivity index (χ2v) is 7.37. The number of hydrogen-bond acceptors (Lipinski definition) is 7. The maximum absolute atomic E-state index is 12.7. The van der Waals surface area contributed by atoms with E-state index in [9.17, 15) is 14.9 Å². The molecule has 0 aliphatic rings. The van der Waals surface area contributed by atoms with Crippen LogP contribution in [0.2, 0.25) is 0 Å². The van der Waals surface area contributed by atoms with Crippen LogP contribution >= 0.6 is 11.3 Å². The maximum atomic E-state index is 12.7. The fourth-order valence-corrected chi connectivity index (χ4v) is 3.74. The number of aromatic nitrogens is 3. The number of thiazole rings is 1. The number of nitrogens with zero attached hydrogens (tertiary/aromatic N) is 3. The number of fused-ring (bicyclic) bond motifs is 1. The Morgan fingerprint density at radius 2 is 2.00 bits per heavy atom. The molecular weight excluding hydrogens is 394 g/mol.